The third-order valence-electron chi connectivity index (χ3n) is 3.16. The van der Waals surface area contributed by atoms with Crippen LogP contribution < -0.4 is 4.90 Å². The van der Waals surface area contributed by atoms with Crippen LogP contribution in [0, 0.1) is 0 Å². The van der Waals surface area contributed by atoms with E-state index in [2.05, 4.69) is 0 Å². The van der Waals surface area contributed by atoms with E-state index in [1.54, 1.807) is 12.1 Å². The first kappa shape index (κ1) is 12.9. The second-order valence-corrected chi connectivity index (χ2v) is 4.79. The van der Waals surface area contributed by atoms with Gasteiger partial charge in [0.1, 0.15) is 0 Å². The molecule has 1 heterocycles. The maximum atomic E-state index is 12.2. The molecular formula is C13H18N2O3. The number of carbonyl (C=O) groups excluding carboxylic acids is 1. The molecule has 2 atom stereocenters. The van der Waals surface area contributed by atoms with Crippen LogP contribution in [0.5, 0.6) is 0 Å². The molecule has 5 heteroatoms. The van der Waals surface area contributed by atoms with Crippen LogP contribution in [0.3, 0.4) is 0 Å². The lowest BCUT2D eigenvalue weighted by molar-refractivity contribution is 0.0572. The molecule has 0 spiro atoms. The summed E-state index contributed by atoms with van der Waals surface area (Å²) in [5.41, 5.74) is 1.52. The first-order chi connectivity index (χ1) is 8.49. The van der Waals surface area contributed by atoms with Crippen molar-refractivity contribution in [3.8, 4) is 0 Å². The first-order valence-corrected chi connectivity index (χ1v) is 5.92. The topological polar surface area (TPSA) is 64.0 Å². The third kappa shape index (κ3) is 2.47. The fourth-order valence-electron chi connectivity index (χ4n) is 2.03. The minimum atomic E-state index is -0.842. The first-order valence-electron chi connectivity index (χ1n) is 5.92. The number of rotatable bonds is 2. The zero-order valence-electron chi connectivity index (χ0n) is 10.6. The van der Waals surface area contributed by atoms with Gasteiger partial charge >= 0.3 is 0 Å². The van der Waals surface area contributed by atoms with Gasteiger partial charge in [-0.3, -0.25) is 4.79 Å². The number of anilines is 1. The van der Waals surface area contributed by atoms with Crippen molar-refractivity contribution in [3.05, 3.63) is 29.8 Å². The lowest BCUT2D eigenvalue weighted by Crippen LogP contribution is -2.29. The van der Waals surface area contributed by atoms with E-state index in [1.165, 1.54) is 4.90 Å². The number of aliphatic hydroxyl groups is 2. The van der Waals surface area contributed by atoms with Crippen molar-refractivity contribution in [1.29, 1.82) is 0 Å². The van der Waals surface area contributed by atoms with Crippen LogP contribution in [0.4, 0.5) is 5.69 Å². The molecule has 1 aliphatic heterocycles. The summed E-state index contributed by atoms with van der Waals surface area (Å²) in [6, 6.07) is 7.29. The molecule has 1 aromatic carbocycles. The van der Waals surface area contributed by atoms with Crippen molar-refractivity contribution in [2.24, 2.45) is 0 Å². The molecule has 2 N–H and O–H groups in total. The summed E-state index contributed by atoms with van der Waals surface area (Å²) in [5, 5.41) is 18.9. The van der Waals surface area contributed by atoms with Crippen LogP contribution in [-0.4, -0.2) is 60.4 Å². The van der Waals surface area contributed by atoms with Crippen LogP contribution in [0.15, 0.2) is 24.3 Å². The normalized spacial score (nSPS) is 23.2. The number of nitrogens with zero attached hydrogens (tertiary/aromatic N) is 2. The molecule has 5 nitrogen and oxygen atoms in total. The van der Waals surface area contributed by atoms with Gasteiger partial charge in [0, 0.05) is 38.4 Å². The van der Waals surface area contributed by atoms with E-state index >= 15 is 0 Å². The lowest BCUT2D eigenvalue weighted by Gasteiger charge is -2.17. The Balaban J connectivity index is 2.17. The number of benzene rings is 1. The Kier molecular flexibility index (Phi) is 3.54. The van der Waals surface area contributed by atoms with Crippen molar-refractivity contribution in [1.82, 2.24) is 4.90 Å². The van der Waals surface area contributed by atoms with Crippen LogP contribution in [0.1, 0.15) is 10.4 Å². The molecule has 1 aliphatic rings. The van der Waals surface area contributed by atoms with Crippen molar-refractivity contribution in [2.45, 2.75) is 12.2 Å². The Hall–Kier alpha value is -1.59. The molecule has 1 fully saturated rings. The standard InChI is InChI=1S/C13H18N2O3/c1-14(2)10-5-3-4-9(6-10)13(18)15-7-11(16)12(17)8-15/h3-6,11-12,16-17H,7-8H2,1-2H3/t11-,12+. The molecule has 1 amide bonds. The highest BCUT2D eigenvalue weighted by molar-refractivity contribution is 5.95. The number of β-amino-alcohol motifs (C(OH)–C–C–N with tert-alkyl or cyclic N) is 2. The van der Waals surface area contributed by atoms with E-state index in [1.807, 2.05) is 31.1 Å². The minimum Gasteiger partial charge on any atom is -0.388 e. The molecule has 18 heavy (non-hydrogen) atoms. The minimum absolute atomic E-state index is 0.158. The van der Waals surface area contributed by atoms with E-state index in [0.29, 0.717) is 5.56 Å². The molecule has 1 aromatic rings. The maximum absolute atomic E-state index is 12.2. The van der Waals surface area contributed by atoms with Gasteiger partial charge in [0.15, 0.2) is 0 Å². The van der Waals surface area contributed by atoms with Gasteiger partial charge in [0.05, 0.1) is 12.2 Å². The maximum Gasteiger partial charge on any atom is 0.254 e. The van der Waals surface area contributed by atoms with Crippen molar-refractivity contribution in [3.63, 3.8) is 0 Å². The molecule has 0 unspecified atom stereocenters. The Morgan fingerprint density at radius 2 is 1.89 bits per heavy atom. The highest BCUT2D eigenvalue weighted by atomic mass is 16.3. The summed E-state index contributed by atoms with van der Waals surface area (Å²) >= 11 is 0. The summed E-state index contributed by atoms with van der Waals surface area (Å²) in [4.78, 5) is 15.6. The summed E-state index contributed by atoms with van der Waals surface area (Å²) in [6.45, 7) is 0.373. The van der Waals surface area contributed by atoms with E-state index in [4.69, 9.17) is 0 Å². The molecule has 98 valence electrons. The fraction of sp³-hybridized carbons (Fsp3) is 0.462. The Morgan fingerprint density at radius 1 is 1.28 bits per heavy atom. The number of likely N-dealkylation sites (tertiary alicyclic amines) is 1. The van der Waals surface area contributed by atoms with Gasteiger partial charge in [-0.15, -0.1) is 0 Å². The monoisotopic (exact) mass is 250 g/mol. The van der Waals surface area contributed by atoms with Gasteiger partial charge in [-0.25, -0.2) is 0 Å². The smallest absolute Gasteiger partial charge is 0.254 e. The Labute approximate surface area is 106 Å². The van der Waals surface area contributed by atoms with E-state index in [9.17, 15) is 15.0 Å². The Morgan fingerprint density at radius 3 is 2.44 bits per heavy atom. The predicted molar refractivity (Wildman–Crippen MR) is 68.7 cm³/mol. The lowest BCUT2D eigenvalue weighted by atomic mass is 10.1. The van der Waals surface area contributed by atoms with Gasteiger partial charge in [0.2, 0.25) is 0 Å². The number of hydrogen-bond donors (Lipinski definition) is 2. The zero-order chi connectivity index (χ0) is 13.3. The van der Waals surface area contributed by atoms with E-state index in [0.717, 1.165) is 5.69 Å². The van der Waals surface area contributed by atoms with Gasteiger partial charge in [-0.05, 0) is 18.2 Å². The van der Waals surface area contributed by atoms with Crippen LogP contribution in [0.25, 0.3) is 0 Å². The number of carbonyl (C=O) groups is 1. The van der Waals surface area contributed by atoms with Crippen LogP contribution >= 0.6 is 0 Å². The average Bonchev–Trinajstić information content (AvgIpc) is 2.69. The van der Waals surface area contributed by atoms with Gasteiger partial charge in [0.25, 0.3) is 5.91 Å². The van der Waals surface area contributed by atoms with Crippen molar-refractivity contribution < 1.29 is 15.0 Å². The van der Waals surface area contributed by atoms with Gasteiger partial charge < -0.3 is 20.0 Å². The summed E-state index contributed by atoms with van der Waals surface area (Å²) in [6.07, 6.45) is -1.68. The number of hydrogen-bond acceptors (Lipinski definition) is 4. The molecule has 0 aliphatic carbocycles. The zero-order valence-corrected chi connectivity index (χ0v) is 10.6. The van der Waals surface area contributed by atoms with Crippen molar-refractivity contribution in [2.75, 3.05) is 32.1 Å². The molecule has 2 rings (SSSR count). The third-order valence-corrected chi connectivity index (χ3v) is 3.16. The van der Waals surface area contributed by atoms with Crippen LogP contribution in [-0.2, 0) is 0 Å². The highest BCUT2D eigenvalue weighted by Gasteiger charge is 2.32. The molecular weight excluding hydrogens is 232 g/mol. The van der Waals surface area contributed by atoms with Crippen molar-refractivity contribution >= 4 is 11.6 Å². The quantitative estimate of drug-likeness (QED) is 0.771. The largest absolute Gasteiger partial charge is 0.388 e. The number of aliphatic hydroxyl groups excluding tert-OH is 2. The van der Waals surface area contributed by atoms with E-state index < -0.39 is 12.2 Å². The second-order valence-electron chi connectivity index (χ2n) is 4.79. The predicted octanol–water partition coefficient (Wildman–Crippen LogP) is -0.0698. The molecule has 0 bridgehead atoms. The SMILES string of the molecule is CN(C)c1cccc(C(=O)N2C[C@@H](O)[C@@H](O)C2)c1. The molecule has 0 aromatic heterocycles. The van der Waals surface area contributed by atoms with Gasteiger partial charge in [-0.1, -0.05) is 6.07 Å². The summed E-state index contributed by atoms with van der Waals surface area (Å²) in [7, 11) is 3.82. The Bertz CT molecular complexity index is 438. The second kappa shape index (κ2) is 4.96. The highest BCUT2D eigenvalue weighted by Crippen LogP contribution is 2.18. The summed E-state index contributed by atoms with van der Waals surface area (Å²) in [5.74, 6) is -0.158. The number of amides is 1. The molecule has 0 saturated carbocycles. The van der Waals surface area contributed by atoms with Gasteiger partial charge in [-0.2, -0.15) is 0 Å². The summed E-state index contributed by atoms with van der Waals surface area (Å²) < 4.78 is 0. The fourth-order valence-corrected chi connectivity index (χ4v) is 2.03. The van der Waals surface area contributed by atoms with Crippen LogP contribution in [0.2, 0.25) is 0 Å². The van der Waals surface area contributed by atoms with E-state index in [-0.39, 0.29) is 19.0 Å². The molecule has 0 radical (unpaired) electrons. The molecule has 1 saturated heterocycles. The average molecular weight is 250 g/mol.